The average molecular weight is 299 g/mol. The number of ether oxygens (including phenoxy) is 1. The van der Waals surface area contributed by atoms with E-state index in [0.29, 0.717) is 12.0 Å². The summed E-state index contributed by atoms with van der Waals surface area (Å²) in [5.41, 5.74) is 4.75. The molecule has 2 bridgehead atoms. The summed E-state index contributed by atoms with van der Waals surface area (Å²) in [5.74, 6) is 1.68. The molecule has 0 aromatic heterocycles. The molecule has 0 saturated carbocycles. The second-order valence-electron chi connectivity index (χ2n) is 7.53. The first-order valence-corrected chi connectivity index (χ1v) is 8.50. The second-order valence-corrected chi connectivity index (χ2v) is 7.53. The van der Waals surface area contributed by atoms with E-state index >= 15 is 0 Å². The molecule has 1 aliphatic carbocycles. The number of hydrogen-bond acceptors (Lipinski definition) is 2. The first-order chi connectivity index (χ1) is 10.5. The Morgan fingerprint density at radius 1 is 1.41 bits per heavy atom. The van der Waals surface area contributed by atoms with E-state index in [0.717, 1.165) is 12.3 Å². The van der Waals surface area contributed by atoms with Gasteiger partial charge in [0.25, 0.3) is 0 Å². The molecule has 0 N–H and O–H groups in total. The van der Waals surface area contributed by atoms with E-state index in [1.807, 2.05) is 0 Å². The molecule has 1 aliphatic heterocycles. The minimum atomic E-state index is 0.286. The molecular formula is C20H29NO. The first kappa shape index (κ1) is 15.6. The van der Waals surface area contributed by atoms with Crippen LogP contribution >= 0.6 is 0 Å². The van der Waals surface area contributed by atoms with Gasteiger partial charge in [-0.15, -0.1) is 0 Å². The number of rotatable bonds is 3. The molecule has 1 saturated heterocycles. The Morgan fingerprint density at radius 2 is 2.18 bits per heavy atom. The van der Waals surface area contributed by atoms with E-state index in [-0.39, 0.29) is 5.41 Å². The molecule has 1 aromatic rings. The van der Waals surface area contributed by atoms with Crippen molar-refractivity contribution in [3.05, 3.63) is 41.0 Å². The molecule has 3 rings (SSSR count). The maximum absolute atomic E-state index is 5.47. The van der Waals surface area contributed by atoms with Crippen molar-refractivity contribution >= 4 is 0 Å². The molecule has 0 radical (unpaired) electrons. The number of benzene rings is 1. The van der Waals surface area contributed by atoms with Gasteiger partial charge in [-0.25, -0.2) is 0 Å². The molecule has 1 aromatic carbocycles. The lowest BCUT2D eigenvalue weighted by atomic mass is 9.59. The minimum Gasteiger partial charge on any atom is -0.497 e. The number of hydrogen-bond donors (Lipinski definition) is 0. The van der Waals surface area contributed by atoms with Crippen LogP contribution in [0.4, 0.5) is 0 Å². The van der Waals surface area contributed by atoms with Gasteiger partial charge >= 0.3 is 0 Å². The highest BCUT2D eigenvalue weighted by Crippen LogP contribution is 2.49. The average Bonchev–Trinajstić information content (AvgIpc) is 2.49. The van der Waals surface area contributed by atoms with Gasteiger partial charge in [0.1, 0.15) is 5.75 Å². The van der Waals surface area contributed by atoms with E-state index in [9.17, 15) is 0 Å². The molecule has 0 spiro atoms. The lowest BCUT2D eigenvalue weighted by Gasteiger charge is -2.54. The zero-order valence-corrected chi connectivity index (χ0v) is 14.6. The van der Waals surface area contributed by atoms with Crippen molar-refractivity contribution in [3.8, 4) is 5.75 Å². The Hall–Kier alpha value is -1.28. The van der Waals surface area contributed by atoms with Crippen LogP contribution in [-0.2, 0) is 11.8 Å². The van der Waals surface area contributed by atoms with Gasteiger partial charge in [0.05, 0.1) is 7.11 Å². The van der Waals surface area contributed by atoms with Crippen LogP contribution in [0, 0.1) is 5.92 Å². The highest BCUT2D eigenvalue weighted by molar-refractivity contribution is 5.44. The van der Waals surface area contributed by atoms with Crippen LogP contribution in [0.1, 0.15) is 45.2 Å². The van der Waals surface area contributed by atoms with Gasteiger partial charge < -0.3 is 4.74 Å². The van der Waals surface area contributed by atoms with Gasteiger partial charge in [0, 0.05) is 12.6 Å². The molecule has 3 atom stereocenters. The molecule has 2 heteroatoms. The smallest absolute Gasteiger partial charge is 0.119 e. The fourth-order valence-corrected chi connectivity index (χ4v) is 4.34. The summed E-state index contributed by atoms with van der Waals surface area (Å²) in [6.45, 7) is 11.6. The maximum Gasteiger partial charge on any atom is 0.119 e. The van der Waals surface area contributed by atoms with Crippen LogP contribution in [-0.4, -0.2) is 31.1 Å². The van der Waals surface area contributed by atoms with Crippen LogP contribution < -0.4 is 4.74 Å². The van der Waals surface area contributed by atoms with Crippen molar-refractivity contribution in [1.82, 2.24) is 4.90 Å². The molecule has 0 unspecified atom stereocenters. The van der Waals surface area contributed by atoms with E-state index in [1.54, 1.807) is 7.11 Å². The zero-order chi connectivity index (χ0) is 15.9. The van der Waals surface area contributed by atoms with Crippen molar-refractivity contribution in [1.29, 1.82) is 0 Å². The summed E-state index contributed by atoms with van der Waals surface area (Å²) >= 11 is 0. The predicted octanol–water partition coefficient (Wildman–Crippen LogP) is 4.19. The number of methoxy groups -OCH3 is 1. The molecule has 120 valence electrons. The van der Waals surface area contributed by atoms with Gasteiger partial charge in [0.15, 0.2) is 0 Å². The van der Waals surface area contributed by atoms with Crippen molar-refractivity contribution in [2.45, 2.75) is 52.0 Å². The number of nitrogens with zero attached hydrogens (tertiary/aromatic N) is 1. The zero-order valence-electron chi connectivity index (χ0n) is 14.6. The maximum atomic E-state index is 5.47. The third-order valence-corrected chi connectivity index (χ3v) is 6.06. The van der Waals surface area contributed by atoms with Crippen LogP contribution in [0.3, 0.4) is 0 Å². The van der Waals surface area contributed by atoms with Crippen molar-refractivity contribution in [2.75, 3.05) is 20.2 Å². The fourth-order valence-electron chi connectivity index (χ4n) is 4.34. The molecular weight excluding hydrogens is 270 g/mol. The molecule has 1 fully saturated rings. The number of fused-ring (bicyclic) bond motifs is 4. The van der Waals surface area contributed by atoms with Crippen molar-refractivity contribution in [2.24, 2.45) is 5.92 Å². The Labute approximate surface area is 135 Å². The highest BCUT2D eigenvalue weighted by Gasteiger charge is 2.48. The third-order valence-electron chi connectivity index (χ3n) is 6.06. The predicted molar refractivity (Wildman–Crippen MR) is 92.6 cm³/mol. The molecule has 2 aliphatic rings. The van der Waals surface area contributed by atoms with E-state index in [1.165, 1.54) is 36.1 Å². The Kier molecular flexibility index (Phi) is 4.07. The summed E-state index contributed by atoms with van der Waals surface area (Å²) in [6.07, 6.45) is 4.78. The lowest BCUT2D eigenvalue weighted by molar-refractivity contribution is 0.0397. The minimum absolute atomic E-state index is 0.286. The quantitative estimate of drug-likeness (QED) is 0.776. The topological polar surface area (TPSA) is 12.5 Å². The van der Waals surface area contributed by atoms with Crippen molar-refractivity contribution < 1.29 is 4.74 Å². The summed E-state index contributed by atoms with van der Waals surface area (Å²) in [4.78, 5) is 2.69. The van der Waals surface area contributed by atoms with Gasteiger partial charge in [-0.1, -0.05) is 31.6 Å². The Balaban J connectivity index is 1.95. The number of likely N-dealkylation sites (tertiary alicyclic amines) is 1. The SMILES string of the molecule is COc1ccc2c(c1)[C@]1(C)CCN(CC=C(C)C)[C@H](C2)[C@H]1C. The van der Waals surface area contributed by atoms with E-state index in [2.05, 4.69) is 56.9 Å². The van der Waals surface area contributed by atoms with Crippen LogP contribution in [0.5, 0.6) is 5.75 Å². The summed E-state index contributed by atoms with van der Waals surface area (Å²) in [6, 6.07) is 7.35. The van der Waals surface area contributed by atoms with Gasteiger partial charge in [-0.05, 0) is 67.8 Å². The fraction of sp³-hybridized carbons (Fsp3) is 0.600. The third kappa shape index (κ3) is 2.48. The molecule has 1 heterocycles. The normalized spacial score (nSPS) is 30.6. The van der Waals surface area contributed by atoms with Gasteiger partial charge in [0.2, 0.25) is 0 Å². The molecule has 22 heavy (non-hydrogen) atoms. The standard InChI is InChI=1S/C20H29NO/c1-14(2)8-10-21-11-9-20(4)15(3)19(21)12-16-6-7-17(22-5)13-18(16)20/h6-8,13,15,19H,9-12H2,1-5H3/t15-,19-,20-/m1/s1. The number of piperidine rings is 1. The van der Waals surface area contributed by atoms with Crippen LogP contribution in [0.2, 0.25) is 0 Å². The van der Waals surface area contributed by atoms with Crippen molar-refractivity contribution in [3.63, 3.8) is 0 Å². The second kappa shape index (κ2) is 5.73. The highest BCUT2D eigenvalue weighted by atomic mass is 16.5. The monoisotopic (exact) mass is 299 g/mol. The summed E-state index contributed by atoms with van der Waals surface area (Å²) in [7, 11) is 1.77. The lowest BCUT2D eigenvalue weighted by Crippen LogP contribution is -2.57. The van der Waals surface area contributed by atoms with E-state index in [4.69, 9.17) is 4.74 Å². The summed E-state index contributed by atoms with van der Waals surface area (Å²) < 4.78 is 5.47. The van der Waals surface area contributed by atoms with Crippen LogP contribution in [0.15, 0.2) is 29.8 Å². The molecule has 2 nitrogen and oxygen atoms in total. The van der Waals surface area contributed by atoms with Crippen LogP contribution in [0.25, 0.3) is 0 Å². The number of allylic oxidation sites excluding steroid dienone is 1. The Morgan fingerprint density at radius 3 is 2.86 bits per heavy atom. The van der Waals surface area contributed by atoms with Gasteiger partial charge in [-0.3, -0.25) is 4.90 Å². The summed E-state index contributed by atoms with van der Waals surface area (Å²) in [5, 5.41) is 0. The van der Waals surface area contributed by atoms with E-state index < -0.39 is 0 Å². The molecule has 0 amide bonds. The Bertz CT molecular complexity index is 587. The largest absolute Gasteiger partial charge is 0.497 e. The first-order valence-electron chi connectivity index (χ1n) is 8.50. The van der Waals surface area contributed by atoms with Gasteiger partial charge in [-0.2, -0.15) is 0 Å².